The van der Waals surface area contributed by atoms with E-state index < -0.39 is 0 Å². The van der Waals surface area contributed by atoms with Gasteiger partial charge in [-0.15, -0.1) is 10.2 Å². The molecule has 0 radical (unpaired) electrons. The van der Waals surface area contributed by atoms with Gasteiger partial charge in [-0.1, -0.05) is 44.7 Å². The Hall–Kier alpha value is -2.70. The molecule has 2 aromatic rings. The Morgan fingerprint density at radius 2 is 2.00 bits per heavy atom. The Bertz CT molecular complexity index is 742. The second-order valence-corrected chi connectivity index (χ2v) is 5.76. The molecule has 0 fully saturated rings. The number of aryl methyl sites for hydroxylation is 1. The van der Waals surface area contributed by atoms with E-state index in [9.17, 15) is 4.79 Å². The minimum Gasteiger partial charge on any atom is -0.493 e. The quantitative estimate of drug-likeness (QED) is 0.392. The Morgan fingerprint density at radius 3 is 2.80 bits per heavy atom. The molecule has 0 bridgehead atoms. The number of anilines is 1. The summed E-state index contributed by atoms with van der Waals surface area (Å²) < 4.78 is 5.85. The smallest absolute Gasteiger partial charge is 0.274 e. The van der Waals surface area contributed by atoms with E-state index in [1.54, 1.807) is 13.1 Å². The van der Waals surface area contributed by atoms with E-state index in [0.717, 1.165) is 17.7 Å². The van der Waals surface area contributed by atoms with Crippen LogP contribution in [-0.4, -0.2) is 28.0 Å². The van der Waals surface area contributed by atoms with Crippen molar-refractivity contribution in [2.24, 2.45) is 5.10 Å². The molecule has 25 heavy (non-hydrogen) atoms. The van der Waals surface area contributed by atoms with Crippen molar-refractivity contribution in [3.8, 4) is 5.75 Å². The van der Waals surface area contributed by atoms with Crippen molar-refractivity contribution < 1.29 is 4.74 Å². The summed E-state index contributed by atoms with van der Waals surface area (Å²) in [5.74, 6) is 0.980. The van der Waals surface area contributed by atoms with Crippen LogP contribution < -0.4 is 15.7 Å². The highest BCUT2D eigenvalue weighted by Gasteiger charge is 2.01. The van der Waals surface area contributed by atoms with Crippen LogP contribution in [0.4, 0.5) is 5.95 Å². The molecule has 0 amide bonds. The Labute approximate surface area is 147 Å². The summed E-state index contributed by atoms with van der Waals surface area (Å²) in [6.45, 7) is 4.49. The lowest BCUT2D eigenvalue weighted by Gasteiger charge is -2.08. The maximum absolute atomic E-state index is 11.5. The average Bonchev–Trinajstić information content (AvgIpc) is 2.62. The molecule has 134 valence electrons. The summed E-state index contributed by atoms with van der Waals surface area (Å²) >= 11 is 0. The number of unbranched alkanes of at least 4 members (excludes halogenated alkanes) is 4. The minimum atomic E-state index is -0.292. The topological polar surface area (TPSA) is 92.3 Å². The summed E-state index contributed by atoms with van der Waals surface area (Å²) in [5.41, 5.74) is 3.54. The normalized spacial score (nSPS) is 11.0. The molecule has 7 heteroatoms. The van der Waals surface area contributed by atoms with Gasteiger partial charge < -0.3 is 4.74 Å². The highest BCUT2D eigenvalue weighted by Crippen LogP contribution is 2.16. The van der Waals surface area contributed by atoms with E-state index in [1.807, 2.05) is 24.3 Å². The van der Waals surface area contributed by atoms with Gasteiger partial charge in [0.05, 0.1) is 12.8 Å². The minimum absolute atomic E-state index is 0.196. The van der Waals surface area contributed by atoms with Crippen LogP contribution in [0.3, 0.4) is 0 Å². The Kier molecular flexibility index (Phi) is 7.62. The average molecular weight is 343 g/mol. The Morgan fingerprint density at radius 1 is 1.20 bits per heavy atom. The zero-order chi connectivity index (χ0) is 17.9. The first-order valence-corrected chi connectivity index (χ1v) is 8.65. The number of hydrazone groups is 1. The number of nitrogens with zero attached hydrogens (tertiary/aromatic N) is 3. The van der Waals surface area contributed by atoms with Gasteiger partial charge in [0.15, 0.2) is 0 Å². The number of rotatable bonds is 10. The van der Waals surface area contributed by atoms with E-state index in [4.69, 9.17) is 4.74 Å². The maximum Gasteiger partial charge on any atom is 0.274 e. The molecule has 2 rings (SSSR count). The van der Waals surface area contributed by atoms with E-state index in [2.05, 4.69) is 32.6 Å². The number of hydrogen-bond donors (Lipinski definition) is 2. The van der Waals surface area contributed by atoms with Gasteiger partial charge in [0, 0.05) is 5.56 Å². The summed E-state index contributed by atoms with van der Waals surface area (Å²) in [6.07, 6.45) is 7.63. The van der Waals surface area contributed by atoms with E-state index in [1.165, 1.54) is 25.7 Å². The fourth-order valence-electron chi connectivity index (χ4n) is 2.21. The van der Waals surface area contributed by atoms with Crippen LogP contribution in [0.25, 0.3) is 0 Å². The molecule has 2 N–H and O–H groups in total. The van der Waals surface area contributed by atoms with Crippen LogP contribution in [0.2, 0.25) is 0 Å². The van der Waals surface area contributed by atoms with Crippen molar-refractivity contribution in [1.29, 1.82) is 0 Å². The number of para-hydroxylation sites is 1. The van der Waals surface area contributed by atoms with E-state index >= 15 is 0 Å². The van der Waals surface area contributed by atoms with Crippen molar-refractivity contribution in [2.45, 2.75) is 46.0 Å². The Balaban J connectivity index is 1.88. The number of aromatic amines is 1. The SMILES string of the molecule is CCCCCCCOc1ccccc1/C=N/Nc1nnc(C)c(=O)[nH]1. The van der Waals surface area contributed by atoms with Crippen molar-refractivity contribution in [3.05, 3.63) is 45.9 Å². The zero-order valence-electron chi connectivity index (χ0n) is 14.8. The summed E-state index contributed by atoms with van der Waals surface area (Å²) in [6, 6.07) is 7.69. The lowest BCUT2D eigenvalue weighted by molar-refractivity contribution is 0.304. The third kappa shape index (κ3) is 6.37. The van der Waals surface area contributed by atoms with Crippen molar-refractivity contribution in [1.82, 2.24) is 15.2 Å². The van der Waals surface area contributed by atoms with Crippen molar-refractivity contribution in [3.63, 3.8) is 0 Å². The molecule has 1 heterocycles. The fraction of sp³-hybridized carbons (Fsp3) is 0.444. The lowest BCUT2D eigenvalue weighted by Crippen LogP contribution is -2.15. The third-order valence-corrected chi connectivity index (χ3v) is 3.66. The molecule has 0 atom stereocenters. The predicted octanol–water partition coefficient (Wildman–Crippen LogP) is 3.27. The van der Waals surface area contributed by atoms with Crippen LogP contribution >= 0.6 is 0 Å². The molecule has 0 aliphatic rings. The molecule has 0 aliphatic carbocycles. The first kappa shape index (κ1) is 18.6. The van der Waals surface area contributed by atoms with Crippen molar-refractivity contribution in [2.75, 3.05) is 12.0 Å². The fourth-order valence-corrected chi connectivity index (χ4v) is 2.21. The van der Waals surface area contributed by atoms with Crippen LogP contribution in [-0.2, 0) is 0 Å². The number of aromatic nitrogens is 3. The second-order valence-electron chi connectivity index (χ2n) is 5.76. The molecule has 0 unspecified atom stereocenters. The number of nitrogens with one attached hydrogen (secondary N) is 2. The summed E-state index contributed by atoms with van der Waals surface area (Å²) in [5, 5.41) is 11.6. The maximum atomic E-state index is 11.5. The van der Waals surface area contributed by atoms with Crippen molar-refractivity contribution >= 4 is 12.2 Å². The van der Waals surface area contributed by atoms with E-state index in [0.29, 0.717) is 12.3 Å². The van der Waals surface area contributed by atoms with Crippen LogP contribution in [0.15, 0.2) is 34.2 Å². The van der Waals surface area contributed by atoms with Gasteiger partial charge in [-0.3, -0.25) is 9.78 Å². The lowest BCUT2D eigenvalue weighted by atomic mass is 10.2. The highest BCUT2D eigenvalue weighted by atomic mass is 16.5. The van der Waals surface area contributed by atoms with Gasteiger partial charge in [-0.2, -0.15) is 5.10 Å². The molecule has 0 spiro atoms. The summed E-state index contributed by atoms with van der Waals surface area (Å²) in [7, 11) is 0. The van der Waals surface area contributed by atoms with E-state index in [-0.39, 0.29) is 11.5 Å². The summed E-state index contributed by atoms with van der Waals surface area (Å²) in [4.78, 5) is 14.0. The van der Waals surface area contributed by atoms with Gasteiger partial charge in [-0.25, -0.2) is 5.43 Å². The first-order chi connectivity index (χ1) is 12.2. The van der Waals surface area contributed by atoms with Gasteiger partial charge in [0.25, 0.3) is 5.56 Å². The molecule has 0 saturated heterocycles. The predicted molar refractivity (Wildman–Crippen MR) is 99.3 cm³/mol. The standard InChI is InChI=1S/C18H25N5O2/c1-3-4-5-6-9-12-25-16-11-8-7-10-15(16)13-19-22-18-20-17(24)14(2)21-23-18/h7-8,10-11,13H,3-6,9,12H2,1-2H3,(H2,20,22,23,24)/b19-13+. The molecule has 0 saturated carbocycles. The van der Waals surface area contributed by atoms with Gasteiger partial charge in [0.1, 0.15) is 11.4 Å². The zero-order valence-corrected chi connectivity index (χ0v) is 14.8. The number of benzene rings is 1. The molecule has 7 nitrogen and oxygen atoms in total. The second kappa shape index (κ2) is 10.2. The molecule has 1 aromatic carbocycles. The first-order valence-electron chi connectivity index (χ1n) is 8.65. The van der Waals surface area contributed by atoms with Crippen LogP contribution in [0, 0.1) is 6.92 Å². The molecule has 1 aromatic heterocycles. The van der Waals surface area contributed by atoms with Gasteiger partial charge in [0.2, 0.25) is 5.95 Å². The monoisotopic (exact) mass is 343 g/mol. The van der Waals surface area contributed by atoms with Crippen LogP contribution in [0.1, 0.15) is 50.3 Å². The van der Waals surface area contributed by atoms with Crippen LogP contribution in [0.5, 0.6) is 5.75 Å². The molecule has 0 aliphatic heterocycles. The highest BCUT2D eigenvalue weighted by molar-refractivity contribution is 5.83. The van der Waals surface area contributed by atoms with Gasteiger partial charge >= 0.3 is 0 Å². The number of hydrogen-bond acceptors (Lipinski definition) is 6. The largest absolute Gasteiger partial charge is 0.493 e. The molecular weight excluding hydrogens is 318 g/mol. The number of H-pyrrole nitrogens is 1. The van der Waals surface area contributed by atoms with Gasteiger partial charge in [-0.05, 0) is 25.5 Å². The molecular formula is C18H25N5O2. The third-order valence-electron chi connectivity index (χ3n) is 3.66. The number of ether oxygens (including phenoxy) is 1.